The lowest BCUT2D eigenvalue weighted by Gasteiger charge is -2.27. The fraction of sp³-hybridized carbons (Fsp3) is 0.189. The molecule has 5 aromatic rings. The average Bonchev–Trinajstić information content (AvgIpc) is 3.01. The van der Waals surface area contributed by atoms with Gasteiger partial charge in [-0.2, -0.15) is 9.13 Å². The van der Waals surface area contributed by atoms with Gasteiger partial charge in [-0.05, 0) is 70.8 Å². The Morgan fingerprint density at radius 1 is 0.700 bits per heavy atom. The summed E-state index contributed by atoms with van der Waals surface area (Å²) in [4.78, 5) is 0. The number of rotatable bonds is 4. The number of nitrogens with zero attached hydrogens (tertiary/aromatic N) is 2. The molecule has 0 atom stereocenters. The lowest BCUT2D eigenvalue weighted by atomic mass is 9.79. The Balaban J connectivity index is 1.35. The number of aryl methyl sites for hydroxylation is 2. The molecule has 2 aromatic heterocycles. The van der Waals surface area contributed by atoms with Crippen molar-refractivity contribution in [2.75, 3.05) is 7.11 Å². The van der Waals surface area contributed by atoms with Crippen molar-refractivity contribution in [1.29, 1.82) is 0 Å². The monoisotopic (exact) mass is 522 g/mol. The topological polar surface area (TPSA) is 17.0 Å². The smallest absolute Gasteiger partial charge is 0.221 e. The predicted octanol–water partition coefficient (Wildman–Crippen LogP) is 7.21. The van der Waals surface area contributed by atoms with Crippen molar-refractivity contribution in [1.82, 2.24) is 0 Å². The van der Waals surface area contributed by atoms with Gasteiger partial charge in [0.15, 0.2) is 25.5 Å². The lowest BCUT2D eigenvalue weighted by molar-refractivity contribution is -0.689. The molecule has 0 saturated heterocycles. The van der Waals surface area contributed by atoms with E-state index in [2.05, 4.69) is 114 Å². The van der Waals surface area contributed by atoms with Crippen LogP contribution in [0.5, 0.6) is 5.75 Å². The Hall–Kier alpha value is -4.50. The molecule has 0 saturated carbocycles. The third-order valence-electron chi connectivity index (χ3n) is 8.82. The summed E-state index contributed by atoms with van der Waals surface area (Å²) in [6, 6.07) is 23.9. The Kier molecular flexibility index (Phi) is 6.08. The van der Waals surface area contributed by atoms with Gasteiger partial charge in [0.2, 0.25) is 11.4 Å². The fourth-order valence-corrected chi connectivity index (χ4v) is 6.59. The van der Waals surface area contributed by atoms with Crippen LogP contribution in [0.2, 0.25) is 0 Å². The van der Waals surface area contributed by atoms with Crippen LogP contribution >= 0.6 is 0 Å². The van der Waals surface area contributed by atoms with Crippen LogP contribution in [0.3, 0.4) is 0 Å². The second-order valence-corrected chi connectivity index (χ2v) is 10.9. The summed E-state index contributed by atoms with van der Waals surface area (Å²) in [5.41, 5.74) is 13.9. The standard InChI is InChI=1S/C37H34N2O/c1-25-26(2)32-19-23-39-21-17-29-10-6-7-11-33(29)37(39)36(32)35-31(25)18-22-38-20-16-28(24-34(35)38)9-5-4-8-27-12-14-30(40-3)15-13-27/h4-17,20-21,24H,18-19,22-23H2,1-3H3/q+2/b8-4+,9-5+. The minimum absolute atomic E-state index is 0.876. The molecule has 4 heterocycles. The molecule has 2 aliphatic heterocycles. The first-order valence-electron chi connectivity index (χ1n) is 14.2. The molecule has 40 heavy (non-hydrogen) atoms. The van der Waals surface area contributed by atoms with Gasteiger partial charge in [0.05, 0.1) is 23.6 Å². The quantitative estimate of drug-likeness (QED) is 0.180. The van der Waals surface area contributed by atoms with Crippen molar-refractivity contribution in [3.63, 3.8) is 0 Å². The number of benzene rings is 3. The van der Waals surface area contributed by atoms with Gasteiger partial charge in [0.25, 0.3) is 0 Å². The molecule has 0 amide bonds. The van der Waals surface area contributed by atoms with Crippen molar-refractivity contribution in [2.45, 2.75) is 39.8 Å². The van der Waals surface area contributed by atoms with Crippen LogP contribution in [0.25, 0.3) is 45.4 Å². The minimum Gasteiger partial charge on any atom is -0.497 e. The van der Waals surface area contributed by atoms with Crippen LogP contribution in [0.1, 0.15) is 33.4 Å². The molecule has 2 aliphatic rings. The van der Waals surface area contributed by atoms with Gasteiger partial charge in [-0.3, -0.25) is 0 Å². The molecule has 3 nitrogen and oxygen atoms in total. The third-order valence-corrected chi connectivity index (χ3v) is 8.82. The summed E-state index contributed by atoms with van der Waals surface area (Å²) >= 11 is 0. The predicted molar refractivity (Wildman–Crippen MR) is 163 cm³/mol. The molecule has 0 unspecified atom stereocenters. The highest BCUT2D eigenvalue weighted by Crippen LogP contribution is 2.44. The van der Waals surface area contributed by atoms with Gasteiger partial charge in [0.1, 0.15) is 5.75 Å². The normalized spacial score (nSPS) is 13.8. The third kappa shape index (κ3) is 4.05. The highest BCUT2D eigenvalue weighted by Gasteiger charge is 2.37. The average molecular weight is 523 g/mol. The highest BCUT2D eigenvalue weighted by atomic mass is 16.5. The maximum Gasteiger partial charge on any atom is 0.221 e. The van der Waals surface area contributed by atoms with Crippen LogP contribution in [-0.4, -0.2) is 7.11 Å². The van der Waals surface area contributed by atoms with Crippen LogP contribution in [0.4, 0.5) is 0 Å². The van der Waals surface area contributed by atoms with Crippen LogP contribution in [0, 0.1) is 13.8 Å². The molecule has 3 aromatic carbocycles. The number of methoxy groups -OCH3 is 1. The first kappa shape index (κ1) is 24.5. The maximum atomic E-state index is 5.27. The van der Waals surface area contributed by atoms with E-state index >= 15 is 0 Å². The van der Waals surface area contributed by atoms with Gasteiger partial charge >= 0.3 is 0 Å². The first-order valence-corrected chi connectivity index (χ1v) is 14.2. The molecule has 0 aliphatic carbocycles. The Labute approximate surface area is 236 Å². The fourth-order valence-electron chi connectivity index (χ4n) is 6.59. The summed E-state index contributed by atoms with van der Waals surface area (Å²) in [6.07, 6.45) is 15.3. The summed E-state index contributed by atoms with van der Waals surface area (Å²) in [7, 11) is 1.70. The molecule has 0 spiro atoms. The largest absolute Gasteiger partial charge is 0.497 e. The van der Waals surface area contributed by atoms with E-state index in [-0.39, 0.29) is 0 Å². The number of hydrogen-bond acceptors (Lipinski definition) is 1. The van der Waals surface area contributed by atoms with Gasteiger partial charge in [-0.15, -0.1) is 0 Å². The molecule has 0 fully saturated rings. The van der Waals surface area contributed by atoms with Crippen molar-refractivity contribution in [3.8, 4) is 28.3 Å². The number of ether oxygens (including phenoxy) is 1. The van der Waals surface area contributed by atoms with Crippen LogP contribution in [0.15, 0.2) is 91.3 Å². The summed E-state index contributed by atoms with van der Waals surface area (Å²) in [6.45, 7) is 6.71. The van der Waals surface area contributed by atoms with Gasteiger partial charge in [0, 0.05) is 31.0 Å². The SMILES string of the molecule is COc1ccc(/C=C/C=C/c2cc[n+]3c(c2)-c2c(c(C)c(C)c4c2-c2c5ccccc5cc[n+]2CC4)CC3)cc1. The maximum absolute atomic E-state index is 5.27. The summed E-state index contributed by atoms with van der Waals surface area (Å²) in [5.74, 6) is 0.876. The Morgan fingerprint density at radius 3 is 2.15 bits per heavy atom. The van der Waals surface area contributed by atoms with Crippen molar-refractivity contribution in [3.05, 3.63) is 125 Å². The van der Waals surface area contributed by atoms with E-state index in [1.807, 2.05) is 12.1 Å². The van der Waals surface area contributed by atoms with Gasteiger partial charge in [-0.1, -0.05) is 54.6 Å². The number of pyridine rings is 2. The zero-order valence-corrected chi connectivity index (χ0v) is 23.4. The highest BCUT2D eigenvalue weighted by molar-refractivity contribution is 5.99. The summed E-state index contributed by atoms with van der Waals surface area (Å²) < 4.78 is 10.2. The zero-order valence-electron chi connectivity index (χ0n) is 23.4. The van der Waals surface area contributed by atoms with Gasteiger partial charge in [-0.25, -0.2) is 0 Å². The van der Waals surface area contributed by atoms with E-state index in [4.69, 9.17) is 4.74 Å². The molecular weight excluding hydrogens is 488 g/mol. The Morgan fingerprint density at radius 2 is 1.38 bits per heavy atom. The lowest BCUT2D eigenvalue weighted by Crippen LogP contribution is -2.43. The van der Waals surface area contributed by atoms with Crippen molar-refractivity contribution in [2.24, 2.45) is 0 Å². The molecular formula is C37H34N2O+2. The van der Waals surface area contributed by atoms with E-state index in [0.717, 1.165) is 37.2 Å². The van der Waals surface area contributed by atoms with Crippen molar-refractivity contribution >= 4 is 22.9 Å². The second-order valence-electron chi connectivity index (χ2n) is 10.9. The Bertz CT molecular complexity index is 1840. The number of aromatic nitrogens is 2. The van der Waals surface area contributed by atoms with E-state index in [0.29, 0.717) is 0 Å². The summed E-state index contributed by atoms with van der Waals surface area (Å²) in [5, 5.41) is 2.64. The minimum atomic E-state index is 0.876. The first-order chi connectivity index (χ1) is 19.6. The second kappa shape index (κ2) is 9.91. The van der Waals surface area contributed by atoms with E-state index in [9.17, 15) is 0 Å². The van der Waals surface area contributed by atoms with Crippen molar-refractivity contribution < 1.29 is 13.9 Å². The molecule has 0 N–H and O–H groups in total. The molecule has 0 radical (unpaired) electrons. The number of hydrogen-bond donors (Lipinski definition) is 0. The zero-order chi connectivity index (χ0) is 27.2. The van der Waals surface area contributed by atoms with Crippen LogP contribution < -0.4 is 13.9 Å². The van der Waals surface area contributed by atoms with E-state index in [1.54, 1.807) is 7.11 Å². The van der Waals surface area contributed by atoms with E-state index < -0.39 is 0 Å². The molecule has 7 rings (SSSR count). The van der Waals surface area contributed by atoms with Crippen LogP contribution in [-0.2, 0) is 25.9 Å². The molecule has 3 heteroatoms. The number of fused-ring (bicyclic) bond motifs is 9. The molecule has 196 valence electrons. The number of allylic oxidation sites excluding steroid dienone is 2. The molecule has 0 bridgehead atoms. The van der Waals surface area contributed by atoms with E-state index in [1.165, 1.54) is 61.1 Å². The van der Waals surface area contributed by atoms with Gasteiger partial charge < -0.3 is 4.74 Å².